The summed E-state index contributed by atoms with van der Waals surface area (Å²) in [5.41, 5.74) is 8.86. The average molecular weight is 316 g/mol. The van der Waals surface area contributed by atoms with Crippen LogP contribution in [0.4, 0.5) is 13.2 Å². The van der Waals surface area contributed by atoms with Crippen LogP contribution in [0.5, 0.6) is 0 Å². The third kappa shape index (κ3) is 2.15. The van der Waals surface area contributed by atoms with Crippen LogP contribution in [0.15, 0.2) is 36.5 Å². The van der Waals surface area contributed by atoms with Crippen LogP contribution in [0.2, 0.25) is 0 Å². The summed E-state index contributed by atoms with van der Waals surface area (Å²) >= 11 is 0. The van der Waals surface area contributed by atoms with Crippen molar-refractivity contribution in [1.82, 2.24) is 4.98 Å². The van der Waals surface area contributed by atoms with Crippen LogP contribution in [-0.4, -0.2) is 11.5 Å². The Morgan fingerprint density at radius 1 is 1.00 bits per heavy atom. The first-order valence-corrected chi connectivity index (χ1v) is 7.54. The van der Waals surface area contributed by atoms with Gasteiger partial charge >= 0.3 is 0 Å². The highest BCUT2D eigenvalue weighted by molar-refractivity contribution is 5.85. The zero-order chi connectivity index (χ0) is 16.1. The fraction of sp³-hybridized carbons (Fsp3) is 0.222. The Hall–Kier alpha value is -2.27. The SMILES string of the molecule is NCC1CC(c2c[nH]c3cc(F)cc(F)c23)c2ccc(F)cc21. The van der Waals surface area contributed by atoms with Crippen LogP contribution in [0, 0.1) is 17.5 Å². The quantitative estimate of drug-likeness (QED) is 0.732. The minimum atomic E-state index is -0.614. The standard InChI is InChI=1S/C18H15F3N2/c19-10-1-2-12-13(4-10)9(7-22)3-14(12)15-8-23-17-6-11(20)5-16(21)18(15)17/h1-2,4-6,8-9,14,23H,3,7,22H2. The second-order valence-electron chi connectivity index (χ2n) is 6.05. The molecule has 2 aromatic carbocycles. The molecule has 2 atom stereocenters. The van der Waals surface area contributed by atoms with Crippen LogP contribution >= 0.6 is 0 Å². The number of fused-ring (bicyclic) bond motifs is 2. The van der Waals surface area contributed by atoms with Gasteiger partial charge in [0.2, 0.25) is 0 Å². The number of hydrogen-bond acceptors (Lipinski definition) is 1. The Morgan fingerprint density at radius 3 is 2.61 bits per heavy atom. The lowest BCUT2D eigenvalue weighted by Gasteiger charge is -2.11. The molecule has 1 aliphatic carbocycles. The van der Waals surface area contributed by atoms with Crippen molar-refractivity contribution in [3.63, 3.8) is 0 Å². The van der Waals surface area contributed by atoms with E-state index in [1.54, 1.807) is 12.3 Å². The maximum Gasteiger partial charge on any atom is 0.135 e. The first-order chi connectivity index (χ1) is 11.1. The van der Waals surface area contributed by atoms with Gasteiger partial charge in [0.1, 0.15) is 17.5 Å². The average Bonchev–Trinajstić information content (AvgIpc) is 3.07. The summed E-state index contributed by atoms with van der Waals surface area (Å²) in [6.07, 6.45) is 2.41. The Morgan fingerprint density at radius 2 is 1.83 bits per heavy atom. The van der Waals surface area contributed by atoms with Gasteiger partial charge in [-0.15, -0.1) is 0 Å². The Bertz CT molecular complexity index is 901. The van der Waals surface area contributed by atoms with Gasteiger partial charge in [-0.2, -0.15) is 0 Å². The Labute approximate surface area is 131 Å². The first-order valence-electron chi connectivity index (χ1n) is 7.54. The Kier molecular flexibility index (Phi) is 3.20. The normalized spacial score (nSPS) is 20.2. The van der Waals surface area contributed by atoms with Gasteiger partial charge in [-0.1, -0.05) is 6.07 Å². The summed E-state index contributed by atoms with van der Waals surface area (Å²) in [5.74, 6) is -1.53. The summed E-state index contributed by atoms with van der Waals surface area (Å²) in [5, 5.41) is 0.393. The number of benzene rings is 2. The summed E-state index contributed by atoms with van der Waals surface area (Å²) in [6.45, 7) is 0.409. The van der Waals surface area contributed by atoms with Crippen molar-refractivity contribution >= 4 is 10.9 Å². The van der Waals surface area contributed by atoms with E-state index in [9.17, 15) is 13.2 Å². The molecule has 1 aromatic heterocycles. The Balaban J connectivity index is 1.90. The molecule has 4 rings (SSSR count). The fourth-order valence-electron chi connectivity index (χ4n) is 3.76. The number of rotatable bonds is 2. The molecule has 0 fully saturated rings. The molecule has 0 bridgehead atoms. The van der Waals surface area contributed by atoms with E-state index in [1.807, 2.05) is 0 Å². The molecule has 0 spiro atoms. The molecular weight excluding hydrogens is 301 g/mol. The van der Waals surface area contributed by atoms with E-state index in [4.69, 9.17) is 5.73 Å². The van der Waals surface area contributed by atoms with Crippen LogP contribution < -0.4 is 5.73 Å². The zero-order valence-electron chi connectivity index (χ0n) is 12.2. The molecule has 2 nitrogen and oxygen atoms in total. The predicted octanol–water partition coefficient (Wildman–Crippen LogP) is 4.16. The number of aromatic nitrogens is 1. The van der Waals surface area contributed by atoms with Crippen molar-refractivity contribution in [2.75, 3.05) is 6.54 Å². The van der Waals surface area contributed by atoms with Gasteiger partial charge in [-0.05, 0) is 53.8 Å². The number of nitrogens with one attached hydrogen (secondary N) is 1. The number of aromatic amines is 1. The summed E-state index contributed by atoms with van der Waals surface area (Å²) in [7, 11) is 0. The highest BCUT2D eigenvalue weighted by Crippen LogP contribution is 2.47. The van der Waals surface area contributed by atoms with Gasteiger partial charge in [-0.3, -0.25) is 0 Å². The number of nitrogens with two attached hydrogens (primary N) is 1. The van der Waals surface area contributed by atoms with Crippen molar-refractivity contribution in [3.05, 3.63) is 70.7 Å². The van der Waals surface area contributed by atoms with E-state index in [1.165, 1.54) is 18.2 Å². The maximum absolute atomic E-state index is 14.3. The van der Waals surface area contributed by atoms with Gasteiger partial charge in [0.05, 0.1) is 5.52 Å². The number of H-pyrrole nitrogens is 1. The number of halogens is 3. The monoisotopic (exact) mass is 316 g/mol. The molecule has 23 heavy (non-hydrogen) atoms. The lowest BCUT2D eigenvalue weighted by atomic mass is 9.92. The molecule has 3 N–H and O–H groups in total. The minimum Gasteiger partial charge on any atom is -0.361 e. The second-order valence-corrected chi connectivity index (χ2v) is 6.05. The van der Waals surface area contributed by atoms with E-state index >= 15 is 0 Å². The fourth-order valence-corrected chi connectivity index (χ4v) is 3.76. The van der Waals surface area contributed by atoms with Crippen LogP contribution in [0.25, 0.3) is 10.9 Å². The molecule has 2 unspecified atom stereocenters. The molecule has 1 heterocycles. The van der Waals surface area contributed by atoms with E-state index in [0.29, 0.717) is 23.9 Å². The number of hydrogen-bond donors (Lipinski definition) is 2. The topological polar surface area (TPSA) is 41.8 Å². The third-order valence-electron chi connectivity index (χ3n) is 4.77. The maximum atomic E-state index is 14.3. The lowest BCUT2D eigenvalue weighted by molar-refractivity contribution is 0.590. The molecular formula is C18H15F3N2. The van der Waals surface area contributed by atoms with Crippen molar-refractivity contribution < 1.29 is 13.2 Å². The van der Waals surface area contributed by atoms with E-state index in [-0.39, 0.29) is 17.7 Å². The highest BCUT2D eigenvalue weighted by Gasteiger charge is 2.33. The molecule has 0 amide bonds. The van der Waals surface area contributed by atoms with Gasteiger partial charge < -0.3 is 10.7 Å². The molecule has 3 aromatic rings. The van der Waals surface area contributed by atoms with Crippen molar-refractivity contribution in [2.24, 2.45) is 5.73 Å². The van der Waals surface area contributed by atoms with Crippen molar-refractivity contribution in [3.8, 4) is 0 Å². The summed E-state index contributed by atoms with van der Waals surface area (Å²) < 4.78 is 41.2. The zero-order valence-corrected chi connectivity index (χ0v) is 12.2. The second kappa shape index (κ2) is 5.13. The highest BCUT2D eigenvalue weighted by atomic mass is 19.1. The van der Waals surface area contributed by atoms with E-state index in [0.717, 1.165) is 22.8 Å². The summed E-state index contributed by atoms with van der Waals surface area (Å²) in [6, 6.07) is 6.84. The smallest absolute Gasteiger partial charge is 0.135 e. The van der Waals surface area contributed by atoms with Crippen LogP contribution in [0.3, 0.4) is 0 Å². The van der Waals surface area contributed by atoms with E-state index < -0.39 is 11.6 Å². The van der Waals surface area contributed by atoms with Gasteiger partial charge in [0.25, 0.3) is 0 Å². The van der Waals surface area contributed by atoms with Gasteiger partial charge in [0, 0.05) is 23.6 Å². The predicted molar refractivity (Wildman–Crippen MR) is 82.9 cm³/mol. The van der Waals surface area contributed by atoms with Crippen LogP contribution in [0.1, 0.15) is 34.9 Å². The molecule has 0 aliphatic heterocycles. The molecule has 1 aliphatic rings. The first kappa shape index (κ1) is 14.3. The van der Waals surface area contributed by atoms with Crippen molar-refractivity contribution in [2.45, 2.75) is 18.3 Å². The lowest BCUT2D eigenvalue weighted by Crippen LogP contribution is -2.09. The van der Waals surface area contributed by atoms with Crippen molar-refractivity contribution in [1.29, 1.82) is 0 Å². The van der Waals surface area contributed by atoms with E-state index in [2.05, 4.69) is 4.98 Å². The van der Waals surface area contributed by atoms with Gasteiger partial charge in [0.15, 0.2) is 0 Å². The minimum absolute atomic E-state index is 0.0409. The van der Waals surface area contributed by atoms with Gasteiger partial charge in [-0.25, -0.2) is 13.2 Å². The molecule has 118 valence electrons. The largest absolute Gasteiger partial charge is 0.361 e. The van der Waals surface area contributed by atoms with Crippen LogP contribution in [-0.2, 0) is 0 Å². The molecule has 0 radical (unpaired) electrons. The molecule has 0 saturated carbocycles. The third-order valence-corrected chi connectivity index (χ3v) is 4.77. The summed E-state index contributed by atoms with van der Waals surface area (Å²) in [4.78, 5) is 2.94. The molecule has 0 saturated heterocycles. The molecule has 5 heteroatoms.